The van der Waals surface area contributed by atoms with E-state index in [1.165, 1.54) is 7.11 Å². The first-order valence-electron chi connectivity index (χ1n) is 5.62. The number of fused-ring (bicyclic) bond motifs is 1. The Labute approximate surface area is 94.2 Å². The Kier molecular flexibility index (Phi) is 2.78. The minimum absolute atomic E-state index is 0.0581. The van der Waals surface area contributed by atoms with E-state index in [1.807, 2.05) is 0 Å². The molecule has 2 aliphatic rings. The molecule has 0 saturated heterocycles. The van der Waals surface area contributed by atoms with E-state index < -0.39 is 18.1 Å². The number of carbonyl (C=O) groups is 2. The van der Waals surface area contributed by atoms with Gasteiger partial charge >= 0.3 is 12.1 Å². The first-order chi connectivity index (χ1) is 7.54. The predicted octanol–water partition coefficient (Wildman–Crippen LogP) is 1.09. The highest BCUT2D eigenvalue weighted by Gasteiger charge is 2.55. The zero-order valence-corrected chi connectivity index (χ0v) is 9.47. The molecule has 2 aliphatic carbocycles. The van der Waals surface area contributed by atoms with Gasteiger partial charge in [-0.3, -0.25) is 0 Å². The van der Waals surface area contributed by atoms with Gasteiger partial charge in [-0.05, 0) is 36.5 Å². The number of ether oxygens (including phenoxy) is 1. The van der Waals surface area contributed by atoms with E-state index in [-0.39, 0.29) is 5.92 Å². The fourth-order valence-electron chi connectivity index (χ4n) is 3.05. The van der Waals surface area contributed by atoms with Gasteiger partial charge in [0.2, 0.25) is 0 Å². The van der Waals surface area contributed by atoms with Crippen molar-refractivity contribution < 1.29 is 19.4 Å². The smallest absolute Gasteiger partial charge is 0.407 e. The monoisotopic (exact) mass is 227 g/mol. The molecule has 0 aromatic rings. The molecule has 0 heterocycles. The molecule has 3 atom stereocenters. The van der Waals surface area contributed by atoms with Gasteiger partial charge in [0, 0.05) is 0 Å². The lowest BCUT2D eigenvalue weighted by Gasteiger charge is -2.21. The zero-order valence-electron chi connectivity index (χ0n) is 9.47. The van der Waals surface area contributed by atoms with Crippen molar-refractivity contribution in [3.8, 4) is 0 Å². The SMILES string of the molecule is COC(=O)NC(C(=O)O)[C@H]1CC2C(C1)[C@@H]2C. The predicted molar refractivity (Wildman–Crippen MR) is 55.8 cm³/mol. The molecule has 0 aliphatic heterocycles. The van der Waals surface area contributed by atoms with Gasteiger partial charge in [0.25, 0.3) is 0 Å². The fourth-order valence-corrected chi connectivity index (χ4v) is 3.05. The third-order valence-electron chi connectivity index (χ3n) is 4.11. The minimum atomic E-state index is -0.968. The largest absolute Gasteiger partial charge is 0.480 e. The van der Waals surface area contributed by atoms with Gasteiger partial charge in [0.05, 0.1) is 7.11 Å². The third kappa shape index (κ3) is 1.86. The van der Waals surface area contributed by atoms with E-state index in [4.69, 9.17) is 5.11 Å². The maximum Gasteiger partial charge on any atom is 0.407 e. The van der Waals surface area contributed by atoms with Crippen molar-refractivity contribution in [2.24, 2.45) is 23.7 Å². The van der Waals surface area contributed by atoms with Crippen LogP contribution in [0.3, 0.4) is 0 Å². The normalized spacial score (nSPS) is 37.4. The quantitative estimate of drug-likeness (QED) is 0.756. The van der Waals surface area contributed by atoms with Crippen LogP contribution in [0.25, 0.3) is 0 Å². The molecule has 1 amide bonds. The van der Waals surface area contributed by atoms with Crippen LogP contribution in [0.15, 0.2) is 0 Å². The standard InChI is InChI=1S/C11H17NO4/c1-5-7-3-6(4-8(5)7)9(10(13)14)12-11(15)16-2/h5-9H,3-4H2,1-2H3,(H,12,15)(H,13,14)/t5-,6+,7?,8?,9?. The van der Waals surface area contributed by atoms with E-state index in [2.05, 4.69) is 17.0 Å². The number of aliphatic carboxylic acids is 1. The molecule has 3 unspecified atom stereocenters. The first-order valence-corrected chi connectivity index (χ1v) is 5.62. The highest BCUT2D eigenvalue weighted by atomic mass is 16.5. The van der Waals surface area contributed by atoms with Gasteiger partial charge in [0.15, 0.2) is 0 Å². The first kappa shape index (κ1) is 11.2. The van der Waals surface area contributed by atoms with Crippen LogP contribution in [-0.2, 0) is 9.53 Å². The minimum Gasteiger partial charge on any atom is -0.480 e. The van der Waals surface area contributed by atoms with E-state index in [1.54, 1.807) is 0 Å². The summed E-state index contributed by atoms with van der Waals surface area (Å²) in [4.78, 5) is 22.1. The highest BCUT2D eigenvalue weighted by molar-refractivity contribution is 5.80. The Hall–Kier alpha value is -1.26. The van der Waals surface area contributed by atoms with Gasteiger partial charge in [-0.1, -0.05) is 6.92 Å². The van der Waals surface area contributed by atoms with Crippen LogP contribution in [0.5, 0.6) is 0 Å². The number of rotatable bonds is 3. The number of amides is 1. The Balaban J connectivity index is 1.93. The molecule has 0 aromatic heterocycles. The average Bonchev–Trinajstić information content (AvgIpc) is 2.67. The molecule has 16 heavy (non-hydrogen) atoms. The Morgan fingerprint density at radius 1 is 1.38 bits per heavy atom. The topological polar surface area (TPSA) is 75.6 Å². The number of hydrogen-bond acceptors (Lipinski definition) is 3. The molecular weight excluding hydrogens is 210 g/mol. The third-order valence-corrected chi connectivity index (χ3v) is 4.11. The summed E-state index contributed by atoms with van der Waals surface area (Å²) < 4.78 is 4.44. The zero-order chi connectivity index (χ0) is 11.9. The lowest BCUT2D eigenvalue weighted by molar-refractivity contribution is -0.140. The van der Waals surface area contributed by atoms with Crippen LogP contribution in [0.1, 0.15) is 19.8 Å². The summed E-state index contributed by atoms with van der Waals surface area (Å²) in [5, 5.41) is 11.5. The van der Waals surface area contributed by atoms with Crippen molar-refractivity contribution >= 4 is 12.1 Å². The van der Waals surface area contributed by atoms with E-state index in [0.717, 1.165) is 18.8 Å². The Morgan fingerprint density at radius 3 is 2.38 bits per heavy atom. The summed E-state index contributed by atoms with van der Waals surface area (Å²) in [5.74, 6) is 1.17. The fraction of sp³-hybridized carbons (Fsp3) is 0.818. The molecular formula is C11H17NO4. The molecule has 0 bridgehead atoms. The Morgan fingerprint density at radius 2 is 1.94 bits per heavy atom. The lowest BCUT2D eigenvalue weighted by Crippen LogP contribution is -2.45. The van der Waals surface area contributed by atoms with Crippen LogP contribution < -0.4 is 5.32 Å². The average molecular weight is 227 g/mol. The number of alkyl carbamates (subject to hydrolysis) is 1. The van der Waals surface area contributed by atoms with Crippen LogP contribution in [0.2, 0.25) is 0 Å². The van der Waals surface area contributed by atoms with Gasteiger partial charge in [-0.2, -0.15) is 0 Å². The van der Waals surface area contributed by atoms with E-state index in [0.29, 0.717) is 11.8 Å². The molecule has 2 rings (SSSR count). The molecule has 5 heteroatoms. The van der Waals surface area contributed by atoms with Crippen LogP contribution in [0, 0.1) is 23.7 Å². The van der Waals surface area contributed by atoms with Gasteiger partial charge in [0.1, 0.15) is 6.04 Å². The van der Waals surface area contributed by atoms with Crippen molar-refractivity contribution in [1.29, 1.82) is 0 Å². The van der Waals surface area contributed by atoms with Crippen LogP contribution in [-0.4, -0.2) is 30.3 Å². The van der Waals surface area contributed by atoms with Gasteiger partial charge in [-0.25, -0.2) is 9.59 Å². The van der Waals surface area contributed by atoms with Crippen LogP contribution >= 0.6 is 0 Å². The molecule has 2 N–H and O–H groups in total. The van der Waals surface area contributed by atoms with Gasteiger partial charge < -0.3 is 15.2 Å². The van der Waals surface area contributed by atoms with Crippen molar-refractivity contribution in [2.75, 3.05) is 7.11 Å². The highest BCUT2D eigenvalue weighted by Crippen LogP contribution is 2.59. The summed E-state index contributed by atoms with van der Waals surface area (Å²) in [6.07, 6.45) is 1.15. The second-order valence-corrected chi connectivity index (χ2v) is 4.87. The lowest BCUT2D eigenvalue weighted by atomic mass is 9.92. The Bertz CT molecular complexity index is 305. The molecule has 5 nitrogen and oxygen atoms in total. The number of methoxy groups -OCH3 is 1. The molecule has 0 spiro atoms. The summed E-state index contributed by atoms with van der Waals surface area (Å²) >= 11 is 0. The molecule has 0 aromatic carbocycles. The molecule has 0 radical (unpaired) electrons. The maximum absolute atomic E-state index is 11.1. The van der Waals surface area contributed by atoms with Crippen molar-refractivity contribution in [3.05, 3.63) is 0 Å². The van der Waals surface area contributed by atoms with E-state index >= 15 is 0 Å². The molecule has 90 valence electrons. The second-order valence-electron chi connectivity index (χ2n) is 4.87. The number of hydrogen-bond donors (Lipinski definition) is 2. The number of nitrogens with one attached hydrogen (secondary N) is 1. The molecule has 2 saturated carbocycles. The summed E-state index contributed by atoms with van der Waals surface area (Å²) in [7, 11) is 1.24. The second kappa shape index (κ2) is 3.96. The maximum atomic E-state index is 11.1. The summed E-state index contributed by atoms with van der Waals surface area (Å²) in [5.41, 5.74) is 0. The van der Waals surface area contributed by atoms with Crippen molar-refractivity contribution in [3.63, 3.8) is 0 Å². The number of carboxylic acid groups (broad SMARTS) is 1. The van der Waals surface area contributed by atoms with Gasteiger partial charge in [-0.15, -0.1) is 0 Å². The van der Waals surface area contributed by atoms with Crippen molar-refractivity contribution in [2.45, 2.75) is 25.8 Å². The summed E-state index contributed by atoms with van der Waals surface area (Å²) in [6, 6.07) is -0.799. The molecule has 2 fully saturated rings. The summed E-state index contributed by atoms with van der Waals surface area (Å²) in [6.45, 7) is 2.20. The van der Waals surface area contributed by atoms with Crippen LogP contribution in [0.4, 0.5) is 4.79 Å². The van der Waals surface area contributed by atoms with E-state index in [9.17, 15) is 9.59 Å². The number of carbonyl (C=O) groups excluding carboxylic acids is 1. The van der Waals surface area contributed by atoms with Crippen molar-refractivity contribution in [1.82, 2.24) is 5.32 Å². The number of carboxylic acids is 1.